The van der Waals surface area contributed by atoms with Gasteiger partial charge in [-0.05, 0) is 40.1 Å². The Balaban J connectivity index is 1.95. The largest absolute Gasteiger partial charge is 0.344 e. The second kappa shape index (κ2) is 4.97. The molecule has 5 rings (SSSR count). The number of hydrogen-bond acceptors (Lipinski definition) is 0. The topological polar surface area (TPSA) is 4.93 Å². The third kappa shape index (κ3) is 1.82. The molecule has 0 aliphatic carbocycles. The van der Waals surface area contributed by atoms with Gasteiger partial charge in [-0.15, -0.1) is 0 Å². The molecule has 0 aliphatic heterocycles. The lowest BCUT2D eigenvalue weighted by Crippen LogP contribution is -1.86. The monoisotopic (exact) mass is 307 g/mol. The van der Waals surface area contributed by atoms with E-state index in [1.165, 1.54) is 43.7 Å². The fraction of sp³-hybridized carbons (Fsp3) is 0.0435. The molecule has 114 valence electrons. The average molecular weight is 307 g/mol. The molecule has 0 atom stereocenters. The molecule has 0 fully saturated rings. The van der Waals surface area contributed by atoms with Gasteiger partial charge in [0, 0.05) is 28.9 Å². The number of nitrogens with zero attached hydrogens (tertiary/aromatic N) is 1. The van der Waals surface area contributed by atoms with Crippen molar-refractivity contribution in [1.29, 1.82) is 0 Å². The summed E-state index contributed by atoms with van der Waals surface area (Å²) in [6, 6.07) is 30.5. The maximum absolute atomic E-state index is 2.33. The van der Waals surface area contributed by atoms with Crippen molar-refractivity contribution in [2.75, 3.05) is 0 Å². The molecule has 0 aliphatic rings. The summed E-state index contributed by atoms with van der Waals surface area (Å²) in [5.74, 6) is 0. The van der Waals surface area contributed by atoms with Crippen LogP contribution in [-0.2, 0) is 7.05 Å². The van der Waals surface area contributed by atoms with Gasteiger partial charge in [-0.2, -0.15) is 0 Å². The molecule has 0 unspecified atom stereocenters. The van der Waals surface area contributed by atoms with Crippen molar-refractivity contribution >= 4 is 32.6 Å². The fourth-order valence-corrected chi connectivity index (χ4v) is 3.79. The summed E-state index contributed by atoms with van der Waals surface area (Å²) in [5, 5.41) is 5.29. The standard InChI is InChI=1S/C23H17N/c1-24-21-13-12-18(16-7-3-2-4-8-16)15-20(21)23-19-10-6-5-9-17(19)11-14-22(23)24/h2-15H,1H3. The van der Waals surface area contributed by atoms with E-state index in [1.54, 1.807) is 0 Å². The van der Waals surface area contributed by atoms with Gasteiger partial charge < -0.3 is 4.57 Å². The Bertz CT molecular complexity index is 1200. The average Bonchev–Trinajstić information content (AvgIpc) is 2.95. The van der Waals surface area contributed by atoms with Gasteiger partial charge in [0.1, 0.15) is 0 Å². The highest BCUT2D eigenvalue weighted by molar-refractivity contribution is 6.21. The van der Waals surface area contributed by atoms with Crippen molar-refractivity contribution in [1.82, 2.24) is 4.57 Å². The second-order valence-corrected chi connectivity index (χ2v) is 6.34. The number of hydrogen-bond donors (Lipinski definition) is 0. The number of aromatic nitrogens is 1. The maximum Gasteiger partial charge on any atom is 0.0495 e. The van der Waals surface area contributed by atoms with Crippen molar-refractivity contribution in [2.24, 2.45) is 7.05 Å². The first-order valence-electron chi connectivity index (χ1n) is 8.28. The molecule has 0 N–H and O–H groups in total. The minimum atomic E-state index is 1.26. The Hall–Kier alpha value is -3.06. The zero-order chi connectivity index (χ0) is 16.1. The van der Waals surface area contributed by atoms with E-state index in [1.807, 2.05) is 0 Å². The van der Waals surface area contributed by atoms with Gasteiger partial charge in [-0.25, -0.2) is 0 Å². The number of rotatable bonds is 1. The minimum Gasteiger partial charge on any atom is -0.344 e. The second-order valence-electron chi connectivity index (χ2n) is 6.34. The Morgan fingerprint density at radius 3 is 2.21 bits per heavy atom. The lowest BCUT2D eigenvalue weighted by Gasteiger charge is -2.03. The summed E-state index contributed by atoms with van der Waals surface area (Å²) in [5.41, 5.74) is 5.09. The molecule has 0 saturated carbocycles. The van der Waals surface area contributed by atoms with Crippen LogP contribution < -0.4 is 0 Å². The van der Waals surface area contributed by atoms with Crippen LogP contribution in [0.3, 0.4) is 0 Å². The molecule has 0 amide bonds. The smallest absolute Gasteiger partial charge is 0.0495 e. The zero-order valence-corrected chi connectivity index (χ0v) is 13.5. The van der Waals surface area contributed by atoms with Gasteiger partial charge in [0.15, 0.2) is 0 Å². The highest BCUT2D eigenvalue weighted by Gasteiger charge is 2.12. The van der Waals surface area contributed by atoms with Crippen LogP contribution in [0.1, 0.15) is 0 Å². The predicted octanol–water partition coefficient (Wildman–Crippen LogP) is 6.15. The Kier molecular flexibility index (Phi) is 2.77. The van der Waals surface area contributed by atoms with Gasteiger partial charge in [0.25, 0.3) is 0 Å². The summed E-state index contributed by atoms with van der Waals surface area (Å²) in [6.45, 7) is 0. The quantitative estimate of drug-likeness (QED) is 0.350. The summed E-state index contributed by atoms with van der Waals surface area (Å²) in [7, 11) is 2.15. The summed E-state index contributed by atoms with van der Waals surface area (Å²) < 4.78 is 2.30. The Labute approximate surface area is 140 Å². The van der Waals surface area contributed by atoms with E-state index in [0.29, 0.717) is 0 Å². The van der Waals surface area contributed by atoms with Gasteiger partial charge in [-0.3, -0.25) is 0 Å². The first kappa shape index (κ1) is 13.4. The molecule has 0 spiro atoms. The first-order valence-corrected chi connectivity index (χ1v) is 8.28. The first-order chi connectivity index (χ1) is 11.8. The van der Waals surface area contributed by atoms with E-state index >= 15 is 0 Å². The van der Waals surface area contributed by atoms with E-state index in [9.17, 15) is 0 Å². The molecular formula is C23H17N. The molecule has 5 aromatic rings. The predicted molar refractivity (Wildman–Crippen MR) is 103 cm³/mol. The maximum atomic E-state index is 2.33. The van der Waals surface area contributed by atoms with Crippen LogP contribution >= 0.6 is 0 Å². The Morgan fingerprint density at radius 1 is 0.583 bits per heavy atom. The van der Waals surface area contributed by atoms with Crippen LogP contribution in [0.15, 0.2) is 84.9 Å². The van der Waals surface area contributed by atoms with Gasteiger partial charge in [0.05, 0.1) is 0 Å². The van der Waals surface area contributed by atoms with Crippen molar-refractivity contribution in [2.45, 2.75) is 0 Å². The number of aryl methyl sites for hydroxylation is 1. The van der Waals surface area contributed by atoms with Gasteiger partial charge in [0.2, 0.25) is 0 Å². The molecule has 0 saturated heterocycles. The van der Waals surface area contributed by atoms with Gasteiger partial charge >= 0.3 is 0 Å². The van der Waals surface area contributed by atoms with E-state index in [2.05, 4.69) is 96.5 Å². The summed E-state index contributed by atoms with van der Waals surface area (Å²) in [6.07, 6.45) is 0. The van der Waals surface area contributed by atoms with Crippen LogP contribution in [0.5, 0.6) is 0 Å². The zero-order valence-electron chi connectivity index (χ0n) is 13.5. The summed E-state index contributed by atoms with van der Waals surface area (Å²) >= 11 is 0. The molecule has 1 heterocycles. The molecular weight excluding hydrogens is 290 g/mol. The molecule has 4 aromatic carbocycles. The summed E-state index contributed by atoms with van der Waals surface area (Å²) in [4.78, 5) is 0. The van der Waals surface area contributed by atoms with E-state index in [0.717, 1.165) is 0 Å². The molecule has 0 bridgehead atoms. The lowest BCUT2D eigenvalue weighted by atomic mass is 10.0. The van der Waals surface area contributed by atoms with Gasteiger partial charge in [-0.1, -0.05) is 66.7 Å². The van der Waals surface area contributed by atoms with Crippen molar-refractivity contribution in [3.8, 4) is 11.1 Å². The fourth-order valence-electron chi connectivity index (χ4n) is 3.79. The number of fused-ring (bicyclic) bond motifs is 5. The molecule has 24 heavy (non-hydrogen) atoms. The normalized spacial score (nSPS) is 11.5. The van der Waals surface area contributed by atoms with Crippen LogP contribution in [-0.4, -0.2) is 4.57 Å². The van der Waals surface area contributed by atoms with Crippen LogP contribution in [0, 0.1) is 0 Å². The highest BCUT2D eigenvalue weighted by Crippen LogP contribution is 2.36. The van der Waals surface area contributed by atoms with E-state index < -0.39 is 0 Å². The van der Waals surface area contributed by atoms with Crippen LogP contribution in [0.2, 0.25) is 0 Å². The molecule has 0 radical (unpaired) electrons. The van der Waals surface area contributed by atoms with Crippen LogP contribution in [0.25, 0.3) is 43.7 Å². The Morgan fingerprint density at radius 2 is 1.33 bits per heavy atom. The van der Waals surface area contributed by atoms with Crippen molar-refractivity contribution in [3.05, 3.63) is 84.9 Å². The lowest BCUT2D eigenvalue weighted by molar-refractivity contribution is 1.01. The van der Waals surface area contributed by atoms with Crippen LogP contribution in [0.4, 0.5) is 0 Å². The third-order valence-electron chi connectivity index (χ3n) is 5.00. The van der Waals surface area contributed by atoms with E-state index in [-0.39, 0.29) is 0 Å². The minimum absolute atomic E-state index is 1.26. The van der Waals surface area contributed by atoms with Crippen molar-refractivity contribution in [3.63, 3.8) is 0 Å². The van der Waals surface area contributed by atoms with Crippen molar-refractivity contribution < 1.29 is 0 Å². The SMILES string of the molecule is Cn1c2ccc(-c3ccccc3)cc2c2c3ccccc3ccc21. The highest BCUT2D eigenvalue weighted by atomic mass is 14.9. The van der Waals surface area contributed by atoms with E-state index in [4.69, 9.17) is 0 Å². The number of benzene rings is 4. The molecule has 1 heteroatoms. The molecule has 1 nitrogen and oxygen atoms in total. The molecule has 1 aromatic heterocycles. The third-order valence-corrected chi connectivity index (χ3v) is 5.00.